The third-order valence-corrected chi connectivity index (χ3v) is 2.60. The summed E-state index contributed by atoms with van der Waals surface area (Å²) in [5.74, 6) is 0. The zero-order valence-corrected chi connectivity index (χ0v) is 11.2. The number of rotatable bonds is 3. The summed E-state index contributed by atoms with van der Waals surface area (Å²) in [7, 11) is -2.61. The van der Waals surface area contributed by atoms with Crippen molar-refractivity contribution in [2.75, 3.05) is 5.73 Å². The van der Waals surface area contributed by atoms with Crippen LogP contribution in [0.3, 0.4) is 0 Å². The molecule has 19 heavy (non-hydrogen) atoms. The Balaban J connectivity index is 0.000000218. The second kappa shape index (κ2) is 7.94. The summed E-state index contributed by atoms with van der Waals surface area (Å²) < 4.78 is 22.7. The highest BCUT2D eigenvalue weighted by atomic mass is 32.2. The summed E-state index contributed by atoms with van der Waals surface area (Å²) in [6.07, 6.45) is 0. The molecule has 0 bridgehead atoms. The van der Waals surface area contributed by atoms with Gasteiger partial charge < -0.3 is 5.73 Å². The van der Waals surface area contributed by atoms with E-state index in [1.807, 2.05) is 48.5 Å². The molecule has 5 heteroatoms. The second-order valence-corrected chi connectivity index (χ2v) is 4.36. The van der Waals surface area contributed by atoms with E-state index in [0.717, 1.165) is 11.3 Å². The maximum Gasteiger partial charge on any atom is 0.222 e. The van der Waals surface area contributed by atoms with Crippen molar-refractivity contribution in [1.82, 2.24) is 4.72 Å². The molecule has 2 rings (SSSR count). The Morgan fingerprint density at radius 3 is 1.79 bits per heavy atom. The lowest BCUT2D eigenvalue weighted by atomic mass is 10.2. The predicted molar refractivity (Wildman–Crippen MR) is 79.8 cm³/mol. The number of nitrogens with one attached hydrogen (secondary N) is 1. The van der Waals surface area contributed by atoms with Gasteiger partial charge in [0.15, 0.2) is 0 Å². The third kappa shape index (κ3) is 6.28. The van der Waals surface area contributed by atoms with E-state index >= 15 is 0 Å². The van der Waals surface area contributed by atoms with E-state index in [0.29, 0.717) is 5.70 Å². The Labute approximate surface area is 114 Å². The molecule has 0 aliphatic carbocycles. The molecule has 2 aromatic rings. The minimum Gasteiger partial charge on any atom is -0.399 e. The Hall–Kier alpha value is -2.27. The average molecular weight is 276 g/mol. The summed E-state index contributed by atoms with van der Waals surface area (Å²) in [6, 6.07) is 18.6. The first-order valence-electron chi connectivity index (χ1n) is 5.55. The molecule has 100 valence electrons. The van der Waals surface area contributed by atoms with Gasteiger partial charge in [0.2, 0.25) is 10.9 Å². The summed E-state index contributed by atoms with van der Waals surface area (Å²) >= 11 is 0. The van der Waals surface area contributed by atoms with Crippen LogP contribution in [0.1, 0.15) is 5.56 Å². The van der Waals surface area contributed by atoms with E-state index in [2.05, 4.69) is 11.3 Å². The second-order valence-electron chi connectivity index (χ2n) is 3.62. The number of hydrogen-bond acceptors (Lipinski definition) is 3. The van der Waals surface area contributed by atoms with Crippen LogP contribution in [0.25, 0.3) is 5.70 Å². The van der Waals surface area contributed by atoms with Crippen LogP contribution in [0, 0.1) is 0 Å². The molecule has 0 amide bonds. The lowest BCUT2D eigenvalue weighted by Crippen LogP contribution is -2.07. The summed E-state index contributed by atoms with van der Waals surface area (Å²) in [5.41, 5.74) is 7.35. The molecule has 2 aromatic carbocycles. The first-order valence-corrected chi connectivity index (χ1v) is 6.73. The fraction of sp³-hybridized carbons (Fsp3) is 0. The maximum atomic E-state index is 10.2. The van der Waals surface area contributed by atoms with Gasteiger partial charge in [0, 0.05) is 11.4 Å². The first kappa shape index (κ1) is 14.8. The summed E-state index contributed by atoms with van der Waals surface area (Å²) in [5, 5.41) is 0. The molecule has 0 atom stereocenters. The van der Waals surface area contributed by atoms with Gasteiger partial charge >= 0.3 is 0 Å². The molecule has 3 N–H and O–H groups in total. The molecule has 0 radical (unpaired) electrons. The first-order chi connectivity index (χ1) is 9.09. The fourth-order valence-electron chi connectivity index (χ4n) is 1.27. The van der Waals surface area contributed by atoms with Crippen molar-refractivity contribution in [2.24, 2.45) is 0 Å². The average Bonchev–Trinajstić information content (AvgIpc) is 2.40. The zero-order valence-electron chi connectivity index (χ0n) is 10.3. The van der Waals surface area contributed by atoms with E-state index < -0.39 is 10.9 Å². The molecule has 0 fully saturated rings. The zero-order chi connectivity index (χ0) is 14.1. The van der Waals surface area contributed by atoms with E-state index in [1.165, 1.54) is 0 Å². The van der Waals surface area contributed by atoms with Gasteiger partial charge in [-0.2, -0.15) is 0 Å². The summed E-state index contributed by atoms with van der Waals surface area (Å²) in [6.45, 7) is 3.57. The molecular weight excluding hydrogens is 260 g/mol. The number of anilines is 1. The molecule has 0 spiro atoms. The summed E-state index contributed by atoms with van der Waals surface area (Å²) in [4.78, 5) is 0. The van der Waals surface area contributed by atoms with Crippen molar-refractivity contribution >= 4 is 22.3 Å². The van der Waals surface area contributed by atoms with E-state index in [1.54, 1.807) is 12.1 Å². The van der Waals surface area contributed by atoms with Crippen LogP contribution >= 0.6 is 0 Å². The monoisotopic (exact) mass is 276 g/mol. The Morgan fingerprint density at radius 1 is 0.947 bits per heavy atom. The van der Waals surface area contributed by atoms with Gasteiger partial charge in [0.05, 0.1) is 0 Å². The molecule has 0 aliphatic heterocycles. The van der Waals surface area contributed by atoms with Gasteiger partial charge in [-0.05, 0) is 17.7 Å². The smallest absolute Gasteiger partial charge is 0.222 e. The third-order valence-electron chi connectivity index (χ3n) is 2.15. The lowest BCUT2D eigenvalue weighted by Gasteiger charge is -2.01. The van der Waals surface area contributed by atoms with Crippen molar-refractivity contribution in [3.8, 4) is 0 Å². The quantitative estimate of drug-likeness (QED) is 0.593. The van der Waals surface area contributed by atoms with Crippen molar-refractivity contribution in [3.05, 3.63) is 72.8 Å². The molecule has 0 aliphatic rings. The number of thiol groups is 1. The number of nitrogen functional groups attached to an aromatic ring is 1. The highest BCUT2D eigenvalue weighted by Crippen LogP contribution is 2.07. The number of nitrogens with two attached hydrogens (primary N) is 1. The minimum atomic E-state index is -2.61. The Bertz CT molecular complexity index is 573. The van der Waals surface area contributed by atoms with Crippen molar-refractivity contribution < 1.29 is 8.42 Å². The van der Waals surface area contributed by atoms with Gasteiger partial charge in [-0.3, -0.25) is 4.72 Å². The van der Waals surface area contributed by atoms with Crippen LogP contribution < -0.4 is 10.5 Å². The Morgan fingerprint density at radius 2 is 1.42 bits per heavy atom. The maximum absolute atomic E-state index is 10.2. The topological polar surface area (TPSA) is 72.2 Å². The van der Waals surface area contributed by atoms with Crippen LogP contribution in [-0.2, 0) is 10.9 Å². The van der Waals surface area contributed by atoms with Crippen LogP contribution in [0.5, 0.6) is 0 Å². The highest BCUT2D eigenvalue weighted by molar-refractivity contribution is 7.70. The minimum absolute atomic E-state index is 0.395. The van der Waals surface area contributed by atoms with Gasteiger partial charge in [0.1, 0.15) is 0 Å². The molecule has 0 saturated heterocycles. The SMILES string of the molecule is C=C(N[SH](=O)=O)c1ccccc1.Nc1ccccc1. The van der Waals surface area contributed by atoms with Gasteiger partial charge in [-0.1, -0.05) is 55.1 Å². The standard InChI is InChI=1S/C8H9NO2S.C6H7N/c1-7(9-12(10)11)8-5-3-2-4-6-8;7-6-4-2-1-3-5-6/h2-6,12H,1H2,(H,9,10,11);1-5H,7H2. The predicted octanol–water partition coefficient (Wildman–Crippen LogP) is 2.04. The van der Waals surface area contributed by atoms with E-state index in [-0.39, 0.29) is 0 Å². The van der Waals surface area contributed by atoms with E-state index in [9.17, 15) is 8.42 Å². The fourth-order valence-corrected chi connectivity index (χ4v) is 1.62. The van der Waals surface area contributed by atoms with E-state index in [4.69, 9.17) is 5.73 Å². The van der Waals surface area contributed by atoms with Crippen LogP contribution in [-0.4, -0.2) is 8.42 Å². The number of hydrogen-bond donors (Lipinski definition) is 3. The Kier molecular flexibility index (Phi) is 6.18. The molecule has 0 saturated carbocycles. The largest absolute Gasteiger partial charge is 0.399 e. The molecule has 0 aromatic heterocycles. The lowest BCUT2D eigenvalue weighted by molar-refractivity contribution is 0.611. The van der Waals surface area contributed by atoms with Crippen molar-refractivity contribution in [3.63, 3.8) is 0 Å². The van der Waals surface area contributed by atoms with Crippen LogP contribution in [0.15, 0.2) is 67.2 Å². The molecular formula is C14H16N2O2S. The van der Waals surface area contributed by atoms with Crippen LogP contribution in [0.4, 0.5) is 5.69 Å². The van der Waals surface area contributed by atoms with Gasteiger partial charge in [0.25, 0.3) is 0 Å². The van der Waals surface area contributed by atoms with Gasteiger partial charge in [-0.15, -0.1) is 0 Å². The number of para-hydroxylation sites is 1. The molecule has 4 nitrogen and oxygen atoms in total. The highest BCUT2D eigenvalue weighted by Gasteiger charge is 1.95. The molecule has 0 heterocycles. The van der Waals surface area contributed by atoms with Gasteiger partial charge in [-0.25, -0.2) is 8.42 Å². The molecule has 0 unspecified atom stereocenters. The number of benzene rings is 2. The van der Waals surface area contributed by atoms with Crippen molar-refractivity contribution in [1.29, 1.82) is 0 Å². The normalized spacial score (nSPS) is 9.32. The van der Waals surface area contributed by atoms with Crippen LogP contribution in [0.2, 0.25) is 0 Å². The van der Waals surface area contributed by atoms with Crippen molar-refractivity contribution in [2.45, 2.75) is 0 Å².